The van der Waals surface area contributed by atoms with E-state index < -0.39 is 0 Å². The van der Waals surface area contributed by atoms with Crippen LogP contribution in [-0.2, 0) is 0 Å². The number of anilines is 3. The molecule has 20 heavy (non-hydrogen) atoms. The van der Waals surface area contributed by atoms with E-state index >= 15 is 0 Å². The van der Waals surface area contributed by atoms with Gasteiger partial charge in [0.1, 0.15) is 0 Å². The number of hydrogen-bond donors (Lipinski definition) is 1. The topological polar surface area (TPSA) is 29.3 Å². The molecular formula is C18H18N2. The molecule has 0 fully saturated rings. The molecule has 0 spiro atoms. The Morgan fingerprint density at radius 1 is 0.750 bits per heavy atom. The summed E-state index contributed by atoms with van der Waals surface area (Å²) in [6.45, 7) is 2.12. The first-order valence-electron chi connectivity index (χ1n) is 6.73. The molecule has 0 saturated carbocycles. The molecule has 2 nitrogen and oxygen atoms in total. The molecule has 3 aromatic carbocycles. The van der Waals surface area contributed by atoms with Gasteiger partial charge in [-0.25, -0.2) is 0 Å². The summed E-state index contributed by atoms with van der Waals surface area (Å²) in [6.07, 6.45) is 0. The van der Waals surface area contributed by atoms with Crippen LogP contribution in [0.3, 0.4) is 0 Å². The smallest absolute Gasteiger partial charge is 0.0414 e. The van der Waals surface area contributed by atoms with E-state index in [1.807, 2.05) is 24.3 Å². The molecule has 3 aromatic rings. The molecule has 0 heterocycles. The minimum absolute atomic E-state index is 0.788. The summed E-state index contributed by atoms with van der Waals surface area (Å²) >= 11 is 0. The second kappa shape index (κ2) is 4.89. The van der Waals surface area contributed by atoms with E-state index in [0.29, 0.717) is 0 Å². The van der Waals surface area contributed by atoms with Gasteiger partial charge in [0.25, 0.3) is 0 Å². The molecule has 0 bridgehead atoms. The molecule has 0 unspecified atom stereocenters. The van der Waals surface area contributed by atoms with Gasteiger partial charge < -0.3 is 10.6 Å². The second-order valence-electron chi connectivity index (χ2n) is 5.19. The van der Waals surface area contributed by atoms with Gasteiger partial charge in [0.05, 0.1) is 0 Å². The molecule has 0 aliphatic heterocycles. The summed E-state index contributed by atoms with van der Waals surface area (Å²) in [4.78, 5) is 2.17. The van der Waals surface area contributed by atoms with Crippen molar-refractivity contribution in [3.63, 3.8) is 0 Å². The quantitative estimate of drug-likeness (QED) is 0.689. The highest BCUT2D eigenvalue weighted by atomic mass is 15.1. The Morgan fingerprint density at radius 2 is 1.35 bits per heavy atom. The SMILES string of the molecule is Cc1ccc2cc(N(C)c3ccc(N)cc3)ccc2c1. The van der Waals surface area contributed by atoms with Crippen molar-refractivity contribution in [2.75, 3.05) is 17.7 Å². The third-order valence-corrected chi connectivity index (χ3v) is 3.65. The Kier molecular flexibility index (Phi) is 3.07. The van der Waals surface area contributed by atoms with Crippen LogP contribution in [0.5, 0.6) is 0 Å². The predicted molar refractivity (Wildman–Crippen MR) is 87.6 cm³/mol. The predicted octanol–water partition coefficient (Wildman–Crippen LogP) is 4.50. The number of hydrogen-bond acceptors (Lipinski definition) is 2. The Morgan fingerprint density at radius 3 is 2.10 bits per heavy atom. The van der Waals surface area contributed by atoms with Gasteiger partial charge in [-0.2, -0.15) is 0 Å². The van der Waals surface area contributed by atoms with Crippen LogP contribution in [0.2, 0.25) is 0 Å². The first-order chi connectivity index (χ1) is 9.63. The monoisotopic (exact) mass is 262 g/mol. The molecule has 0 atom stereocenters. The Labute approximate surface area is 119 Å². The number of aryl methyl sites for hydroxylation is 1. The van der Waals surface area contributed by atoms with E-state index in [9.17, 15) is 0 Å². The fourth-order valence-corrected chi connectivity index (χ4v) is 2.41. The molecule has 0 aromatic heterocycles. The Hall–Kier alpha value is -2.48. The largest absolute Gasteiger partial charge is 0.399 e. The lowest BCUT2D eigenvalue weighted by molar-refractivity contribution is 1.21. The fourth-order valence-electron chi connectivity index (χ4n) is 2.41. The maximum Gasteiger partial charge on any atom is 0.0414 e. The third-order valence-electron chi connectivity index (χ3n) is 3.65. The van der Waals surface area contributed by atoms with Gasteiger partial charge in [0.15, 0.2) is 0 Å². The van der Waals surface area contributed by atoms with Crippen LogP contribution in [0.15, 0.2) is 60.7 Å². The van der Waals surface area contributed by atoms with Gasteiger partial charge in [-0.3, -0.25) is 0 Å². The maximum atomic E-state index is 5.74. The molecular weight excluding hydrogens is 244 g/mol. The normalized spacial score (nSPS) is 10.7. The number of nitrogens with two attached hydrogens (primary N) is 1. The standard InChI is InChI=1S/C18H18N2/c1-13-3-4-15-12-18(8-5-14(15)11-13)20(2)17-9-6-16(19)7-10-17/h3-12H,19H2,1-2H3. The van der Waals surface area contributed by atoms with Crippen molar-refractivity contribution in [2.45, 2.75) is 6.92 Å². The van der Waals surface area contributed by atoms with Gasteiger partial charge in [-0.05, 0) is 54.1 Å². The van der Waals surface area contributed by atoms with E-state index in [0.717, 1.165) is 11.4 Å². The summed E-state index contributed by atoms with van der Waals surface area (Å²) in [5, 5.41) is 2.54. The summed E-state index contributed by atoms with van der Waals surface area (Å²) < 4.78 is 0. The average molecular weight is 262 g/mol. The van der Waals surface area contributed by atoms with Crippen molar-refractivity contribution < 1.29 is 0 Å². The van der Waals surface area contributed by atoms with E-state index in [-0.39, 0.29) is 0 Å². The summed E-state index contributed by atoms with van der Waals surface area (Å²) in [6, 6.07) is 21.0. The molecule has 0 amide bonds. The zero-order chi connectivity index (χ0) is 14.1. The highest BCUT2D eigenvalue weighted by Gasteiger charge is 2.04. The molecule has 100 valence electrons. The highest BCUT2D eigenvalue weighted by Crippen LogP contribution is 2.28. The minimum Gasteiger partial charge on any atom is -0.399 e. The average Bonchev–Trinajstić information content (AvgIpc) is 2.47. The molecule has 0 aliphatic carbocycles. The van der Waals surface area contributed by atoms with Crippen LogP contribution >= 0.6 is 0 Å². The number of fused-ring (bicyclic) bond motifs is 1. The summed E-state index contributed by atoms with van der Waals surface area (Å²) in [7, 11) is 2.07. The van der Waals surface area contributed by atoms with Crippen LogP contribution in [-0.4, -0.2) is 7.05 Å². The Balaban J connectivity index is 2.01. The minimum atomic E-state index is 0.788. The zero-order valence-corrected chi connectivity index (χ0v) is 11.8. The van der Waals surface area contributed by atoms with Crippen molar-refractivity contribution in [1.29, 1.82) is 0 Å². The van der Waals surface area contributed by atoms with Gasteiger partial charge in [-0.15, -0.1) is 0 Å². The first kappa shape index (κ1) is 12.5. The third kappa shape index (κ3) is 2.32. The van der Waals surface area contributed by atoms with E-state index in [2.05, 4.69) is 55.3 Å². The van der Waals surface area contributed by atoms with Gasteiger partial charge in [0.2, 0.25) is 0 Å². The van der Waals surface area contributed by atoms with Crippen LogP contribution in [0, 0.1) is 6.92 Å². The van der Waals surface area contributed by atoms with Crippen molar-refractivity contribution in [3.05, 3.63) is 66.2 Å². The van der Waals surface area contributed by atoms with Crippen molar-refractivity contribution in [2.24, 2.45) is 0 Å². The molecule has 0 radical (unpaired) electrons. The lowest BCUT2D eigenvalue weighted by Crippen LogP contribution is -2.09. The molecule has 0 saturated heterocycles. The van der Waals surface area contributed by atoms with E-state index in [4.69, 9.17) is 5.73 Å². The lowest BCUT2D eigenvalue weighted by atomic mass is 10.1. The van der Waals surface area contributed by atoms with E-state index in [1.54, 1.807) is 0 Å². The second-order valence-corrected chi connectivity index (χ2v) is 5.19. The van der Waals surface area contributed by atoms with Crippen LogP contribution in [0.25, 0.3) is 10.8 Å². The maximum absolute atomic E-state index is 5.74. The number of nitrogen functional groups attached to an aromatic ring is 1. The number of nitrogens with zero attached hydrogens (tertiary/aromatic N) is 1. The summed E-state index contributed by atoms with van der Waals surface area (Å²) in [5.74, 6) is 0. The van der Waals surface area contributed by atoms with Crippen LogP contribution in [0.1, 0.15) is 5.56 Å². The summed E-state index contributed by atoms with van der Waals surface area (Å²) in [5.41, 5.74) is 10.1. The van der Waals surface area contributed by atoms with E-state index in [1.165, 1.54) is 22.0 Å². The highest BCUT2D eigenvalue weighted by molar-refractivity contribution is 5.87. The molecule has 3 rings (SSSR count). The first-order valence-corrected chi connectivity index (χ1v) is 6.73. The fraction of sp³-hybridized carbons (Fsp3) is 0.111. The molecule has 2 N–H and O–H groups in total. The van der Waals surface area contributed by atoms with Crippen LogP contribution in [0.4, 0.5) is 17.1 Å². The number of benzene rings is 3. The van der Waals surface area contributed by atoms with Crippen molar-refractivity contribution in [3.8, 4) is 0 Å². The Bertz CT molecular complexity index is 745. The molecule has 0 aliphatic rings. The van der Waals surface area contributed by atoms with Crippen molar-refractivity contribution in [1.82, 2.24) is 0 Å². The van der Waals surface area contributed by atoms with Gasteiger partial charge in [0, 0.05) is 24.1 Å². The lowest BCUT2D eigenvalue weighted by Gasteiger charge is -2.20. The van der Waals surface area contributed by atoms with Crippen LogP contribution < -0.4 is 10.6 Å². The zero-order valence-electron chi connectivity index (χ0n) is 11.8. The van der Waals surface area contributed by atoms with Crippen molar-refractivity contribution >= 4 is 27.8 Å². The molecule has 2 heteroatoms. The van der Waals surface area contributed by atoms with Gasteiger partial charge >= 0.3 is 0 Å². The number of rotatable bonds is 2. The van der Waals surface area contributed by atoms with Gasteiger partial charge in [-0.1, -0.05) is 29.8 Å².